The van der Waals surface area contributed by atoms with Gasteiger partial charge in [-0.15, -0.1) is 0 Å². The second-order valence-electron chi connectivity index (χ2n) is 2.51. The number of rotatable bonds is 8. The maximum Gasteiger partial charge on any atom is 0.185 e. The van der Waals surface area contributed by atoms with Gasteiger partial charge in [0.15, 0.2) is 6.29 Å². The van der Waals surface area contributed by atoms with Gasteiger partial charge in [0.05, 0.1) is 6.61 Å². The Morgan fingerprint density at radius 2 is 1.54 bits per heavy atom. The molecule has 0 heterocycles. The van der Waals surface area contributed by atoms with Crippen LogP contribution in [0.5, 0.6) is 0 Å². The molecule has 4 nitrogen and oxygen atoms in total. The average molecular weight is 192 g/mol. The second kappa shape index (κ2) is 8.44. The van der Waals surface area contributed by atoms with Crippen molar-refractivity contribution in [1.29, 1.82) is 0 Å². The normalized spacial score (nSPS) is 13.6. The van der Waals surface area contributed by atoms with E-state index in [1.165, 1.54) is 0 Å². The van der Waals surface area contributed by atoms with E-state index in [-0.39, 0.29) is 12.4 Å². The van der Waals surface area contributed by atoms with Crippen molar-refractivity contribution in [3.05, 3.63) is 0 Å². The lowest BCUT2D eigenvalue weighted by Crippen LogP contribution is -2.36. The van der Waals surface area contributed by atoms with E-state index in [1.54, 1.807) is 14.2 Å². The van der Waals surface area contributed by atoms with Crippen LogP contribution < -0.4 is 0 Å². The number of hydrogen-bond acceptors (Lipinski definition) is 4. The van der Waals surface area contributed by atoms with Crippen LogP contribution in [0.2, 0.25) is 0 Å². The summed E-state index contributed by atoms with van der Waals surface area (Å²) in [5.74, 6) is 0. The Labute approximate surface area is 80.1 Å². The molecule has 0 fully saturated rings. The van der Waals surface area contributed by atoms with E-state index >= 15 is 0 Å². The van der Waals surface area contributed by atoms with Crippen LogP contribution in [0.1, 0.15) is 13.8 Å². The topological polar surface area (TPSA) is 36.9 Å². The molecular formula is C9H20O4. The van der Waals surface area contributed by atoms with Gasteiger partial charge in [0.2, 0.25) is 0 Å². The lowest BCUT2D eigenvalue weighted by Gasteiger charge is -2.24. The maximum atomic E-state index is 5.36. The van der Waals surface area contributed by atoms with Gasteiger partial charge in [-0.3, -0.25) is 0 Å². The first-order valence-electron chi connectivity index (χ1n) is 4.55. The highest BCUT2D eigenvalue weighted by Gasteiger charge is 2.21. The van der Waals surface area contributed by atoms with Gasteiger partial charge in [-0.05, 0) is 13.8 Å². The van der Waals surface area contributed by atoms with Crippen molar-refractivity contribution in [2.75, 3.05) is 34.0 Å². The fourth-order valence-corrected chi connectivity index (χ4v) is 1.01. The van der Waals surface area contributed by atoms with Gasteiger partial charge in [0.1, 0.15) is 6.10 Å². The lowest BCUT2D eigenvalue weighted by atomic mass is 10.3. The van der Waals surface area contributed by atoms with Crippen LogP contribution in [-0.2, 0) is 18.9 Å². The van der Waals surface area contributed by atoms with Gasteiger partial charge in [0, 0.05) is 27.4 Å². The molecule has 0 N–H and O–H groups in total. The molecule has 0 aromatic carbocycles. The molecule has 0 aliphatic carbocycles. The minimum Gasteiger partial charge on any atom is -0.382 e. The monoisotopic (exact) mass is 192 g/mol. The van der Waals surface area contributed by atoms with Crippen LogP contribution in [0.3, 0.4) is 0 Å². The summed E-state index contributed by atoms with van der Waals surface area (Å²) in [7, 11) is 3.25. The zero-order valence-electron chi connectivity index (χ0n) is 8.91. The zero-order chi connectivity index (χ0) is 10.1. The summed E-state index contributed by atoms with van der Waals surface area (Å²) >= 11 is 0. The molecule has 0 saturated carbocycles. The van der Waals surface area contributed by atoms with Gasteiger partial charge >= 0.3 is 0 Å². The first-order valence-corrected chi connectivity index (χ1v) is 4.55. The lowest BCUT2D eigenvalue weighted by molar-refractivity contribution is -0.206. The summed E-state index contributed by atoms with van der Waals surface area (Å²) in [6.07, 6.45) is -0.496. The van der Waals surface area contributed by atoms with E-state index in [9.17, 15) is 0 Å². The van der Waals surface area contributed by atoms with Gasteiger partial charge in [-0.25, -0.2) is 0 Å². The quantitative estimate of drug-likeness (QED) is 0.539. The van der Waals surface area contributed by atoms with Crippen LogP contribution >= 0.6 is 0 Å². The van der Waals surface area contributed by atoms with E-state index < -0.39 is 0 Å². The minimum absolute atomic E-state index is 0.162. The molecule has 0 aromatic heterocycles. The molecule has 0 aliphatic heterocycles. The van der Waals surface area contributed by atoms with Crippen molar-refractivity contribution < 1.29 is 18.9 Å². The third kappa shape index (κ3) is 5.21. The Bertz CT molecular complexity index is 102. The Kier molecular flexibility index (Phi) is 8.33. The molecule has 1 atom stereocenters. The number of methoxy groups -OCH3 is 2. The summed E-state index contributed by atoms with van der Waals surface area (Å²) in [6, 6.07) is 0. The van der Waals surface area contributed by atoms with E-state index in [1.807, 2.05) is 13.8 Å². The predicted octanol–water partition coefficient (Wildman–Crippen LogP) is 1.05. The van der Waals surface area contributed by atoms with E-state index in [0.29, 0.717) is 19.8 Å². The molecule has 0 radical (unpaired) electrons. The SMILES string of the molecule is CCOC(OCC)C(COC)OC. The Morgan fingerprint density at radius 1 is 1.00 bits per heavy atom. The molecule has 4 heteroatoms. The Hall–Kier alpha value is -0.160. The molecule has 0 spiro atoms. The molecule has 0 saturated heterocycles. The fraction of sp³-hybridized carbons (Fsp3) is 1.00. The summed E-state index contributed by atoms with van der Waals surface area (Å²) < 4.78 is 20.9. The van der Waals surface area contributed by atoms with E-state index in [4.69, 9.17) is 18.9 Å². The number of hydrogen-bond donors (Lipinski definition) is 0. The van der Waals surface area contributed by atoms with Gasteiger partial charge in [0.25, 0.3) is 0 Å². The molecule has 0 aromatic rings. The Morgan fingerprint density at radius 3 is 1.85 bits per heavy atom. The molecule has 13 heavy (non-hydrogen) atoms. The standard InChI is InChI=1S/C9H20O4/c1-5-12-9(13-6-2)8(11-4)7-10-3/h8-9H,5-7H2,1-4H3. The minimum atomic E-state index is -0.333. The highest BCUT2D eigenvalue weighted by molar-refractivity contribution is 4.60. The first-order chi connectivity index (χ1) is 6.29. The Balaban J connectivity index is 3.94. The third-order valence-electron chi connectivity index (χ3n) is 1.60. The van der Waals surface area contributed by atoms with Gasteiger partial charge in [-0.2, -0.15) is 0 Å². The molecule has 0 rings (SSSR count). The molecule has 1 unspecified atom stereocenters. The van der Waals surface area contributed by atoms with E-state index in [0.717, 1.165) is 0 Å². The van der Waals surface area contributed by atoms with Crippen LogP contribution in [0.25, 0.3) is 0 Å². The average Bonchev–Trinajstić information content (AvgIpc) is 2.14. The maximum absolute atomic E-state index is 5.36. The molecular weight excluding hydrogens is 172 g/mol. The smallest absolute Gasteiger partial charge is 0.185 e. The summed E-state index contributed by atoms with van der Waals surface area (Å²) in [5.41, 5.74) is 0. The predicted molar refractivity (Wildman–Crippen MR) is 49.7 cm³/mol. The molecule has 0 aliphatic rings. The van der Waals surface area contributed by atoms with Crippen LogP contribution in [0.4, 0.5) is 0 Å². The second-order valence-corrected chi connectivity index (χ2v) is 2.51. The molecule has 0 bridgehead atoms. The van der Waals surface area contributed by atoms with Crippen molar-refractivity contribution in [3.8, 4) is 0 Å². The summed E-state index contributed by atoms with van der Waals surface area (Å²) in [6.45, 7) is 5.53. The third-order valence-corrected chi connectivity index (χ3v) is 1.60. The van der Waals surface area contributed by atoms with Crippen LogP contribution in [-0.4, -0.2) is 46.4 Å². The molecule has 0 amide bonds. The highest BCUT2D eigenvalue weighted by atomic mass is 16.7. The van der Waals surface area contributed by atoms with Gasteiger partial charge < -0.3 is 18.9 Å². The van der Waals surface area contributed by atoms with Crippen molar-refractivity contribution in [2.45, 2.75) is 26.2 Å². The zero-order valence-corrected chi connectivity index (χ0v) is 8.91. The van der Waals surface area contributed by atoms with Crippen LogP contribution in [0.15, 0.2) is 0 Å². The van der Waals surface area contributed by atoms with Crippen LogP contribution in [0, 0.1) is 0 Å². The van der Waals surface area contributed by atoms with Crippen molar-refractivity contribution >= 4 is 0 Å². The molecule has 80 valence electrons. The fourth-order valence-electron chi connectivity index (χ4n) is 1.01. The number of ether oxygens (including phenoxy) is 4. The summed E-state index contributed by atoms with van der Waals surface area (Å²) in [4.78, 5) is 0. The van der Waals surface area contributed by atoms with Crippen molar-refractivity contribution in [3.63, 3.8) is 0 Å². The highest BCUT2D eigenvalue weighted by Crippen LogP contribution is 2.05. The van der Waals surface area contributed by atoms with E-state index in [2.05, 4.69) is 0 Å². The largest absolute Gasteiger partial charge is 0.382 e. The summed E-state index contributed by atoms with van der Waals surface area (Å²) in [5, 5.41) is 0. The van der Waals surface area contributed by atoms with Crippen molar-refractivity contribution in [1.82, 2.24) is 0 Å². The first kappa shape index (κ1) is 12.8. The van der Waals surface area contributed by atoms with Gasteiger partial charge in [-0.1, -0.05) is 0 Å². The van der Waals surface area contributed by atoms with Crippen molar-refractivity contribution in [2.24, 2.45) is 0 Å².